The molecule has 1 fully saturated rings. The number of primary amides is 1. The monoisotopic (exact) mass is 299 g/mol. The summed E-state index contributed by atoms with van der Waals surface area (Å²) in [6.07, 6.45) is 3.25. The molecule has 0 radical (unpaired) electrons. The number of hydrogen-bond acceptors (Lipinski definition) is 5. The average molecular weight is 299 g/mol. The van der Waals surface area contributed by atoms with Crippen molar-refractivity contribution in [2.75, 3.05) is 19.6 Å². The molecule has 1 saturated heterocycles. The largest absolute Gasteiger partial charge is 0.368 e. The Morgan fingerprint density at radius 2 is 1.95 bits per heavy atom. The molecule has 0 aromatic rings. The van der Waals surface area contributed by atoms with Crippen LogP contribution in [0.1, 0.15) is 32.1 Å². The van der Waals surface area contributed by atoms with Crippen molar-refractivity contribution in [2.45, 2.75) is 44.2 Å². The Hall–Kier alpha value is -1.67. The zero-order chi connectivity index (χ0) is 15.8. The SMILES string of the molecule is NCCCC[C@H](NC(=O)[C@@H]1CCCN1C(=O)CN)C(N)=O. The minimum atomic E-state index is -0.723. The van der Waals surface area contributed by atoms with E-state index in [9.17, 15) is 14.4 Å². The van der Waals surface area contributed by atoms with Crippen LogP contribution in [-0.4, -0.2) is 54.3 Å². The second-order valence-corrected chi connectivity index (χ2v) is 5.20. The number of carbonyl (C=O) groups is 3. The van der Waals surface area contributed by atoms with Gasteiger partial charge in [0.1, 0.15) is 12.1 Å². The van der Waals surface area contributed by atoms with Crippen molar-refractivity contribution in [3.8, 4) is 0 Å². The summed E-state index contributed by atoms with van der Waals surface area (Å²) in [4.78, 5) is 36.8. The molecule has 1 heterocycles. The Morgan fingerprint density at radius 1 is 1.24 bits per heavy atom. The molecule has 8 heteroatoms. The molecule has 0 aromatic heterocycles. The van der Waals surface area contributed by atoms with Crippen LogP contribution in [0.15, 0.2) is 0 Å². The Labute approximate surface area is 124 Å². The number of nitrogens with two attached hydrogens (primary N) is 3. The second kappa shape index (κ2) is 8.58. The van der Waals surface area contributed by atoms with Crippen molar-refractivity contribution in [1.82, 2.24) is 10.2 Å². The van der Waals surface area contributed by atoms with E-state index in [4.69, 9.17) is 17.2 Å². The number of hydrogen-bond donors (Lipinski definition) is 4. The number of likely N-dealkylation sites (tertiary alicyclic amines) is 1. The zero-order valence-electron chi connectivity index (χ0n) is 12.2. The highest BCUT2D eigenvalue weighted by atomic mass is 16.2. The molecule has 7 N–H and O–H groups in total. The van der Waals surface area contributed by atoms with Crippen LogP contribution < -0.4 is 22.5 Å². The number of unbranched alkanes of at least 4 members (excludes halogenated alkanes) is 1. The van der Waals surface area contributed by atoms with Crippen molar-refractivity contribution >= 4 is 17.7 Å². The van der Waals surface area contributed by atoms with Gasteiger partial charge in [-0.1, -0.05) is 0 Å². The fourth-order valence-corrected chi connectivity index (χ4v) is 2.50. The topological polar surface area (TPSA) is 145 Å². The van der Waals surface area contributed by atoms with Crippen LogP contribution in [0.5, 0.6) is 0 Å². The van der Waals surface area contributed by atoms with Gasteiger partial charge in [-0.05, 0) is 38.6 Å². The summed E-state index contributed by atoms with van der Waals surface area (Å²) < 4.78 is 0. The smallest absolute Gasteiger partial charge is 0.243 e. The molecule has 0 unspecified atom stereocenters. The third-order valence-corrected chi connectivity index (χ3v) is 3.66. The van der Waals surface area contributed by atoms with E-state index in [-0.39, 0.29) is 18.4 Å². The molecular formula is C13H25N5O3. The molecule has 3 amide bonds. The quantitative estimate of drug-likeness (QED) is 0.384. The van der Waals surface area contributed by atoms with Crippen LogP contribution in [0, 0.1) is 0 Å². The first-order valence-corrected chi connectivity index (χ1v) is 7.30. The highest BCUT2D eigenvalue weighted by Crippen LogP contribution is 2.17. The molecule has 0 spiro atoms. The van der Waals surface area contributed by atoms with E-state index in [0.29, 0.717) is 32.4 Å². The van der Waals surface area contributed by atoms with Gasteiger partial charge in [0.25, 0.3) is 0 Å². The van der Waals surface area contributed by atoms with Gasteiger partial charge in [0.2, 0.25) is 17.7 Å². The van der Waals surface area contributed by atoms with E-state index in [1.165, 1.54) is 4.90 Å². The average Bonchev–Trinajstić information content (AvgIpc) is 2.94. The minimum Gasteiger partial charge on any atom is -0.368 e. The predicted molar refractivity (Wildman–Crippen MR) is 77.8 cm³/mol. The number of carbonyl (C=O) groups excluding carboxylic acids is 3. The normalized spacial score (nSPS) is 19.3. The lowest BCUT2D eigenvalue weighted by molar-refractivity contribution is -0.138. The van der Waals surface area contributed by atoms with E-state index in [2.05, 4.69) is 5.32 Å². The Morgan fingerprint density at radius 3 is 2.52 bits per heavy atom. The predicted octanol–water partition coefficient (Wildman–Crippen LogP) is -1.96. The van der Waals surface area contributed by atoms with Gasteiger partial charge in [-0.15, -0.1) is 0 Å². The van der Waals surface area contributed by atoms with Gasteiger partial charge in [-0.25, -0.2) is 0 Å². The van der Waals surface area contributed by atoms with E-state index in [1.807, 2.05) is 0 Å². The maximum Gasteiger partial charge on any atom is 0.243 e. The Kier molecular flexibility index (Phi) is 7.10. The van der Waals surface area contributed by atoms with Crippen molar-refractivity contribution in [3.63, 3.8) is 0 Å². The molecule has 21 heavy (non-hydrogen) atoms. The number of rotatable bonds is 8. The first-order chi connectivity index (χ1) is 10.0. The van der Waals surface area contributed by atoms with E-state index in [0.717, 1.165) is 12.8 Å². The van der Waals surface area contributed by atoms with Crippen molar-refractivity contribution < 1.29 is 14.4 Å². The molecular weight excluding hydrogens is 274 g/mol. The fraction of sp³-hybridized carbons (Fsp3) is 0.769. The van der Waals surface area contributed by atoms with Gasteiger partial charge in [0.15, 0.2) is 0 Å². The first kappa shape index (κ1) is 17.4. The van der Waals surface area contributed by atoms with E-state index < -0.39 is 18.0 Å². The molecule has 0 aliphatic carbocycles. The minimum absolute atomic E-state index is 0.125. The molecule has 0 bridgehead atoms. The van der Waals surface area contributed by atoms with Gasteiger partial charge in [-0.3, -0.25) is 14.4 Å². The van der Waals surface area contributed by atoms with Crippen LogP contribution in [-0.2, 0) is 14.4 Å². The molecule has 1 aliphatic rings. The standard InChI is InChI=1S/C13H25N5O3/c14-6-2-1-4-9(12(16)20)17-13(21)10-5-3-7-18(10)11(19)8-15/h9-10H,1-8,14-15H2,(H2,16,20)(H,17,21)/t9-,10-/m0/s1. The van der Waals surface area contributed by atoms with Crippen molar-refractivity contribution in [1.29, 1.82) is 0 Å². The van der Waals surface area contributed by atoms with Gasteiger partial charge >= 0.3 is 0 Å². The fourth-order valence-electron chi connectivity index (χ4n) is 2.50. The van der Waals surface area contributed by atoms with E-state index >= 15 is 0 Å². The van der Waals surface area contributed by atoms with Gasteiger partial charge in [0, 0.05) is 6.54 Å². The molecule has 2 atom stereocenters. The van der Waals surface area contributed by atoms with Gasteiger partial charge in [0.05, 0.1) is 6.54 Å². The Balaban J connectivity index is 2.59. The molecule has 8 nitrogen and oxygen atoms in total. The molecule has 0 aromatic carbocycles. The van der Waals surface area contributed by atoms with Gasteiger partial charge in [-0.2, -0.15) is 0 Å². The van der Waals surface area contributed by atoms with Gasteiger partial charge < -0.3 is 27.4 Å². The zero-order valence-corrected chi connectivity index (χ0v) is 12.2. The third kappa shape index (κ3) is 4.98. The Bertz CT molecular complexity index is 388. The summed E-state index contributed by atoms with van der Waals surface area (Å²) in [6, 6.07) is -1.28. The maximum atomic E-state index is 12.2. The van der Waals surface area contributed by atoms with Crippen LogP contribution >= 0.6 is 0 Å². The van der Waals surface area contributed by atoms with Crippen molar-refractivity contribution in [2.24, 2.45) is 17.2 Å². The van der Waals surface area contributed by atoms with Crippen LogP contribution in [0.4, 0.5) is 0 Å². The molecule has 0 saturated carbocycles. The first-order valence-electron chi connectivity index (χ1n) is 7.30. The summed E-state index contributed by atoms with van der Waals surface area (Å²) in [5.74, 6) is -1.17. The highest BCUT2D eigenvalue weighted by molar-refractivity contribution is 5.92. The van der Waals surface area contributed by atoms with Crippen LogP contribution in [0.3, 0.4) is 0 Å². The maximum absolute atomic E-state index is 12.2. The summed E-state index contributed by atoms with van der Waals surface area (Å²) in [6.45, 7) is 0.920. The molecule has 120 valence electrons. The summed E-state index contributed by atoms with van der Waals surface area (Å²) in [7, 11) is 0. The molecule has 1 rings (SSSR count). The van der Waals surface area contributed by atoms with Crippen LogP contribution in [0.2, 0.25) is 0 Å². The lowest BCUT2D eigenvalue weighted by atomic mass is 10.1. The number of nitrogens with one attached hydrogen (secondary N) is 1. The summed E-state index contributed by atoms with van der Waals surface area (Å²) in [5, 5.41) is 2.64. The third-order valence-electron chi connectivity index (χ3n) is 3.66. The molecule has 1 aliphatic heterocycles. The number of nitrogens with zero attached hydrogens (tertiary/aromatic N) is 1. The second-order valence-electron chi connectivity index (χ2n) is 5.20. The number of amides is 3. The highest BCUT2D eigenvalue weighted by Gasteiger charge is 2.34. The van der Waals surface area contributed by atoms with Crippen LogP contribution in [0.25, 0.3) is 0 Å². The summed E-state index contributed by atoms with van der Waals surface area (Å²) >= 11 is 0. The van der Waals surface area contributed by atoms with E-state index in [1.54, 1.807) is 0 Å². The van der Waals surface area contributed by atoms with Crippen molar-refractivity contribution in [3.05, 3.63) is 0 Å². The lowest BCUT2D eigenvalue weighted by Crippen LogP contribution is -2.53. The lowest BCUT2D eigenvalue weighted by Gasteiger charge is -2.25. The summed E-state index contributed by atoms with van der Waals surface area (Å²) in [5.41, 5.74) is 16.0.